The second-order valence-electron chi connectivity index (χ2n) is 4.61. The van der Waals surface area contributed by atoms with Crippen LogP contribution in [0.25, 0.3) is 0 Å². The summed E-state index contributed by atoms with van der Waals surface area (Å²) in [5.41, 5.74) is 1.25. The van der Waals surface area contributed by atoms with E-state index in [1.807, 2.05) is 12.3 Å². The fourth-order valence-electron chi connectivity index (χ4n) is 2.11. The Morgan fingerprint density at radius 2 is 2.15 bits per heavy atom. The molecular weight excluding hydrogens is 276 g/mol. The molecule has 0 saturated carbocycles. The highest BCUT2D eigenvalue weighted by Gasteiger charge is 2.20. The van der Waals surface area contributed by atoms with Gasteiger partial charge in [0.05, 0.1) is 13.0 Å². The van der Waals surface area contributed by atoms with E-state index in [0.29, 0.717) is 13.1 Å². The summed E-state index contributed by atoms with van der Waals surface area (Å²) in [7, 11) is 0. The summed E-state index contributed by atoms with van der Waals surface area (Å²) in [5.74, 6) is -0.893. The molecule has 0 radical (unpaired) electrons. The number of amides is 2. The van der Waals surface area contributed by atoms with E-state index in [0.717, 1.165) is 11.3 Å². The number of aliphatic carboxylic acids is 1. The van der Waals surface area contributed by atoms with Gasteiger partial charge in [0.2, 0.25) is 0 Å². The second kappa shape index (κ2) is 7.89. The summed E-state index contributed by atoms with van der Waals surface area (Å²) < 4.78 is 0. The highest BCUT2D eigenvalue weighted by molar-refractivity contribution is 7.10. The largest absolute Gasteiger partial charge is 0.481 e. The average molecular weight is 298 g/mol. The minimum atomic E-state index is -0.893. The van der Waals surface area contributed by atoms with Crippen molar-refractivity contribution in [3.63, 3.8) is 0 Å². The maximum atomic E-state index is 12.1. The van der Waals surface area contributed by atoms with Gasteiger partial charge in [-0.15, -0.1) is 11.3 Å². The highest BCUT2D eigenvalue weighted by atomic mass is 32.1. The fourth-order valence-corrected chi connectivity index (χ4v) is 3.03. The van der Waals surface area contributed by atoms with Crippen LogP contribution in [0.4, 0.5) is 4.79 Å². The van der Waals surface area contributed by atoms with Gasteiger partial charge in [-0.05, 0) is 37.3 Å². The number of carboxylic acid groups (broad SMARTS) is 1. The number of nitrogens with zero attached hydrogens (tertiary/aromatic N) is 1. The van der Waals surface area contributed by atoms with Gasteiger partial charge in [0.1, 0.15) is 0 Å². The average Bonchev–Trinajstić information content (AvgIpc) is 2.83. The van der Waals surface area contributed by atoms with Gasteiger partial charge in [-0.3, -0.25) is 4.79 Å². The zero-order valence-corrected chi connectivity index (χ0v) is 13.0. The quantitative estimate of drug-likeness (QED) is 0.813. The molecule has 1 aromatic rings. The molecule has 1 aromatic heterocycles. The third-order valence-electron chi connectivity index (χ3n) is 3.22. The summed E-state index contributed by atoms with van der Waals surface area (Å²) in [6, 6.07) is 1.54. The topological polar surface area (TPSA) is 69.6 Å². The normalized spacial score (nSPS) is 11.9. The van der Waals surface area contributed by atoms with Crippen LogP contribution >= 0.6 is 11.3 Å². The van der Waals surface area contributed by atoms with Crippen molar-refractivity contribution in [3.8, 4) is 0 Å². The zero-order valence-electron chi connectivity index (χ0n) is 12.2. The number of nitrogens with one attached hydrogen (secondary N) is 1. The summed E-state index contributed by atoms with van der Waals surface area (Å²) in [6.45, 7) is 6.67. The number of carboxylic acids is 1. The van der Waals surface area contributed by atoms with E-state index in [2.05, 4.69) is 18.3 Å². The molecule has 1 rings (SSSR count). The van der Waals surface area contributed by atoms with E-state index in [-0.39, 0.29) is 18.5 Å². The van der Waals surface area contributed by atoms with Crippen LogP contribution < -0.4 is 5.32 Å². The molecule has 0 aliphatic heterocycles. The van der Waals surface area contributed by atoms with Gasteiger partial charge in [-0.25, -0.2) is 4.79 Å². The van der Waals surface area contributed by atoms with Crippen LogP contribution in [0, 0.1) is 0 Å². The minimum Gasteiger partial charge on any atom is -0.481 e. The maximum absolute atomic E-state index is 12.1. The number of urea groups is 1. The van der Waals surface area contributed by atoms with Crippen LogP contribution in [0.15, 0.2) is 11.4 Å². The van der Waals surface area contributed by atoms with Crippen molar-refractivity contribution in [2.45, 2.75) is 46.2 Å². The first kappa shape index (κ1) is 16.5. The highest BCUT2D eigenvalue weighted by Crippen LogP contribution is 2.17. The Morgan fingerprint density at radius 3 is 2.70 bits per heavy atom. The SMILES string of the molecule is CCc1ccsc1CNC(=O)N(CC)C(C)CC(=O)O. The predicted molar refractivity (Wildman–Crippen MR) is 80.0 cm³/mol. The van der Waals surface area contributed by atoms with Crippen molar-refractivity contribution in [3.05, 3.63) is 21.9 Å². The van der Waals surface area contributed by atoms with Crippen molar-refractivity contribution in [2.75, 3.05) is 6.54 Å². The molecule has 1 atom stereocenters. The second-order valence-corrected chi connectivity index (χ2v) is 5.61. The smallest absolute Gasteiger partial charge is 0.317 e. The third kappa shape index (κ3) is 4.52. The number of aryl methyl sites for hydroxylation is 1. The summed E-state index contributed by atoms with van der Waals surface area (Å²) in [6.07, 6.45) is 0.905. The standard InChI is InChI=1S/C14H22N2O3S/c1-4-11-6-7-20-12(11)9-15-14(19)16(5-2)10(3)8-13(17)18/h6-7,10H,4-5,8-9H2,1-3H3,(H,15,19)(H,17,18). The third-order valence-corrected chi connectivity index (χ3v) is 4.19. The molecule has 0 bridgehead atoms. The van der Waals surface area contributed by atoms with Crippen molar-refractivity contribution in [1.82, 2.24) is 10.2 Å². The maximum Gasteiger partial charge on any atom is 0.317 e. The Kier molecular flexibility index (Phi) is 6.51. The molecule has 6 heteroatoms. The first-order valence-corrected chi connectivity index (χ1v) is 7.69. The van der Waals surface area contributed by atoms with Gasteiger partial charge < -0.3 is 15.3 Å². The van der Waals surface area contributed by atoms with E-state index in [1.54, 1.807) is 23.2 Å². The lowest BCUT2D eigenvalue weighted by molar-refractivity contribution is -0.138. The Morgan fingerprint density at radius 1 is 1.45 bits per heavy atom. The Bertz CT molecular complexity index is 459. The number of carbonyl (C=O) groups excluding carboxylic acids is 1. The van der Waals surface area contributed by atoms with Crippen molar-refractivity contribution in [1.29, 1.82) is 0 Å². The van der Waals surface area contributed by atoms with Crippen LogP contribution in [0.1, 0.15) is 37.6 Å². The van der Waals surface area contributed by atoms with Gasteiger partial charge >= 0.3 is 12.0 Å². The molecule has 0 spiro atoms. The van der Waals surface area contributed by atoms with Crippen LogP contribution in [0.5, 0.6) is 0 Å². The molecule has 0 aliphatic carbocycles. The molecule has 0 saturated heterocycles. The van der Waals surface area contributed by atoms with Crippen LogP contribution in [0.2, 0.25) is 0 Å². The number of rotatable bonds is 7. The van der Waals surface area contributed by atoms with Gasteiger partial charge in [-0.2, -0.15) is 0 Å². The number of hydrogen-bond donors (Lipinski definition) is 2. The molecular formula is C14H22N2O3S. The van der Waals surface area contributed by atoms with Gasteiger partial charge in [0.15, 0.2) is 0 Å². The Balaban J connectivity index is 2.57. The summed E-state index contributed by atoms with van der Waals surface area (Å²) in [4.78, 5) is 25.5. The number of hydrogen-bond acceptors (Lipinski definition) is 3. The van der Waals surface area contributed by atoms with Crippen LogP contribution in [-0.4, -0.2) is 34.6 Å². The van der Waals surface area contributed by atoms with Gasteiger partial charge in [-0.1, -0.05) is 6.92 Å². The van der Waals surface area contributed by atoms with Crippen LogP contribution in [-0.2, 0) is 17.8 Å². The van der Waals surface area contributed by atoms with E-state index >= 15 is 0 Å². The van der Waals surface area contributed by atoms with Crippen LogP contribution in [0.3, 0.4) is 0 Å². The van der Waals surface area contributed by atoms with Crippen molar-refractivity contribution in [2.24, 2.45) is 0 Å². The lowest BCUT2D eigenvalue weighted by Crippen LogP contribution is -2.45. The van der Waals surface area contributed by atoms with Crippen molar-refractivity contribution >= 4 is 23.3 Å². The monoisotopic (exact) mass is 298 g/mol. The van der Waals surface area contributed by atoms with Crippen molar-refractivity contribution < 1.29 is 14.7 Å². The molecule has 0 fully saturated rings. The fraction of sp³-hybridized carbons (Fsp3) is 0.571. The molecule has 1 unspecified atom stereocenters. The molecule has 2 amide bonds. The minimum absolute atomic E-state index is 0.0412. The first-order chi connectivity index (χ1) is 9.49. The molecule has 20 heavy (non-hydrogen) atoms. The number of carbonyl (C=O) groups is 2. The molecule has 112 valence electrons. The molecule has 0 aliphatic rings. The zero-order chi connectivity index (χ0) is 15.1. The predicted octanol–water partition coefficient (Wildman–Crippen LogP) is 2.71. The number of thiophene rings is 1. The molecule has 5 nitrogen and oxygen atoms in total. The molecule has 1 heterocycles. The van der Waals surface area contributed by atoms with E-state index in [9.17, 15) is 9.59 Å². The Labute approximate surface area is 123 Å². The van der Waals surface area contributed by atoms with E-state index in [4.69, 9.17) is 5.11 Å². The van der Waals surface area contributed by atoms with Gasteiger partial charge in [0.25, 0.3) is 0 Å². The molecule has 0 aromatic carbocycles. The lowest BCUT2D eigenvalue weighted by Gasteiger charge is -2.27. The summed E-state index contributed by atoms with van der Waals surface area (Å²) in [5, 5.41) is 13.7. The summed E-state index contributed by atoms with van der Waals surface area (Å²) >= 11 is 1.63. The van der Waals surface area contributed by atoms with E-state index < -0.39 is 5.97 Å². The lowest BCUT2D eigenvalue weighted by atomic mass is 10.2. The Hall–Kier alpha value is -1.56. The van der Waals surface area contributed by atoms with E-state index in [1.165, 1.54) is 5.56 Å². The molecule has 2 N–H and O–H groups in total. The van der Waals surface area contributed by atoms with Gasteiger partial charge in [0, 0.05) is 17.5 Å². The first-order valence-electron chi connectivity index (χ1n) is 6.81.